The van der Waals surface area contributed by atoms with Crippen molar-refractivity contribution in [2.75, 3.05) is 5.75 Å². The Kier molecular flexibility index (Phi) is 4.24. The Morgan fingerprint density at radius 2 is 2.07 bits per heavy atom. The number of rotatable bonds is 5. The molecule has 0 radical (unpaired) electrons. The summed E-state index contributed by atoms with van der Waals surface area (Å²) < 4.78 is 25.8. The Bertz CT molecular complexity index is 310. The fraction of sp³-hybridized carbons (Fsp3) is 0.571. The second-order valence-electron chi connectivity index (χ2n) is 3.19. The minimum Gasteiger partial charge on any atom is -0.389 e. The Morgan fingerprint density at radius 3 is 2.43 bits per heavy atom. The van der Waals surface area contributed by atoms with Crippen molar-refractivity contribution in [2.24, 2.45) is 0 Å². The van der Waals surface area contributed by atoms with E-state index < -0.39 is 27.4 Å². The van der Waals surface area contributed by atoms with Crippen LogP contribution in [0.15, 0.2) is 12.7 Å². The molecule has 82 valence electrons. The summed E-state index contributed by atoms with van der Waals surface area (Å²) in [5, 5.41) is 9.16. The van der Waals surface area contributed by atoms with Crippen LogP contribution >= 0.6 is 0 Å². The molecule has 0 saturated heterocycles. The zero-order chi connectivity index (χ0) is 11.4. The minimum absolute atomic E-state index is 0.676. The van der Waals surface area contributed by atoms with Gasteiger partial charge < -0.3 is 5.11 Å². The summed E-state index contributed by atoms with van der Waals surface area (Å²) in [4.78, 5) is 14.3. The van der Waals surface area contributed by atoms with E-state index in [1.807, 2.05) is 0 Å². The predicted molar refractivity (Wildman–Crippen MR) is 47.5 cm³/mol. The monoisotopic (exact) mass is 224 g/mol. The zero-order valence-corrected chi connectivity index (χ0v) is 8.70. The molecule has 0 saturated carbocycles. The number of carbonyl (C=O) groups excluding carboxylic acids is 1. The normalized spacial score (nSPS) is 12.2. The molecule has 0 aliphatic heterocycles. The van der Waals surface area contributed by atoms with Gasteiger partial charge in [0.05, 0.1) is 5.60 Å². The molecule has 0 amide bonds. The summed E-state index contributed by atoms with van der Waals surface area (Å²) in [5.74, 6) is -1.70. The molecule has 0 aliphatic carbocycles. The lowest BCUT2D eigenvalue weighted by Gasteiger charge is -2.15. The van der Waals surface area contributed by atoms with Gasteiger partial charge >= 0.3 is 16.1 Å². The number of hydrogen-bond acceptors (Lipinski definition) is 6. The van der Waals surface area contributed by atoms with Crippen LogP contribution < -0.4 is 0 Å². The summed E-state index contributed by atoms with van der Waals surface area (Å²) in [6, 6.07) is 0. The van der Waals surface area contributed by atoms with Crippen LogP contribution in [-0.4, -0.2) is 30.8 Å². The largest absolute Gasteiger partial charge is 0.389 e. The Balaban J connectivity index is 4.23. The first kappa shape index (κ1) is 13.1. The summed E-state index contributed by atoms with van der Waals surface area (Å²) in [6.45, 7) is 5.60. The molecule has 0 aromatic carbocycles. The van der Waals surface area contributed by atoms with E-state index in [2.05, 4.69) is 15.8 Å². The lowest BCUT2D eigenvalue weighted by atomic mass is 10.2. The van der Waals surface area contributed by atoms with Crippen molar-refractivity contribution in [3.05, 3.63) is 12.7 Å². The van der Waals surface area contributed by atoms with Crippen LogP contribution in [0.1, 0.15) is 13.8 Å². The van der Waals surface area contributed by atoms with Gasteiger partial charge in [0.15, 0.2) is 0 Å². The molecule has 0 unspecified atom stereocenters. The highest BCUT2D eigenvalue weighted by atomic mass is 32.2. The minimum atomic E-state index is -4.09. The molecule has 0 spiro atoms. The third kappa shape index (κ3) is 6.58. The highest BCUT2D eigenvalue weighted by molar-refractivity contribution is 7.86. The van der Waals surface area contributed by atoms with E-state index in [1.165, 1.54) is 13.8 Å². The van der Waals surface area contributed by atoms with Crippen LogP contribution in [0.25, 0.3) is 0 Å². The molecule has 0 aromatic rings. The van der Waals surface area contributed by atoms with E-state index in [0.29, 0.717) is 0 Å². The van der Waals surface area contributed by atoms with Gasteiger partial charge in [-0.2, -0.15) is 8.42 Å². The van der Waals surface area contributed by atoms with Gasteiger partial charge in [0.2, 0.25) is 0 Å². The van der Waals surface area contributed by atoms with Gasteiger partial charge in [-0.1, -0.05) is 10.9 Å². The molecule has 0 heterocycles. The Hall–Kier alpha value is -0.920. The van der Waals surface area contributed by atoms with Gasteiger partial charge in [0.25, 0.3) is 0 Å². The number of carbonyl (C=O) groups is 1. The lowest BCUT2D eigenvalue weighted by molar-refractivity contribution is -0.205. The average Bonchev–Trinajstić information content (AvgIpc) is 1.96. The first-order valence-electron chi connectivity index (χ1n) is 3.64. The van der Waals surface area contributed by atoms with Gasteiger partial charge in [0.1, 0.15) is 5.75 Å². The van der Waals surface area contributed by atoms with Crippen molar-refractivity contribution in [1.82, 2.24) is 0 Å². The molecule has 0 rings (SSSR count). The number of aliphatic hydroxyl groups is 1. The highest BCUT2D eigenvalue weighted by Gasteiger charge is 2.26. The second kappa shape index (κ2) is 4.54. The maximum atomic E-state index is 11.0. The molecule has 1 N–H and O–H groups in total. The molecule has 0 aromatic heterocycles. The van der Waals surface area contributed by atoms with Gasteiger partial charge in [-0.3, -0.25) is 4.89 Å². The van der Waals surface area contributed by atoms with Crippen molar-refractivity contribution in [2.45, 2.75) is 19.4 Å². The molecule has 0 atom stereocenters. The SMILES string of the molecule is C=CC(=O)OOS(=O)(=O)CC(C)(C)O. The molecule has 7 heteroatoms. The van der Waals surface area contributed by atoms with Crippen LogP contribution in [0.4, 0.5) is 0 Å². The fourth-order valence-electron chi connectivity index (χ4n) is 0.576. The molecule has 0 fully saturated rings. The van der Waals surface area contributed by atoms with Gasteiger partial charge in [-0.15, -0.1) is 0 Å². The van der Waals surface area contributed by atoms with Crippen LogP contribution in [0.5, 0.6) is 0 Å². The van der Waals surface area contributed by atoms with Crippen LogP contribution in [0.2, 0.25) is 0 Å². The molecular formula is C7H12O6S. The predicted octanol–water partition coefficient (Wildman–Crippen LogP) is -0.252. The fourth-order valence-corrected chi connectivity index (χ4v) is 1.66. The van der Waals surface area contributed by atoms with E-state index >= 15 is 0 Å². The average molecular weight is 224 g/mol. The summed E-state index contributed by atoms with van der Waals surface area (Å²) >= 11 is 0. The van der Waals surface area contributed by atoms with E-state index in [1.54, 1.807) is 0 Å². The zero-order valence-electron chi connectivity index (χ0n) is 7.89. The third-order valence-electron chi connectivity index (χ3n) is 0.916. The summed E-state index contributed by atoms with van der Waals surface area (Å²) in [5.41, 5.74) is -1.46. The molecule has 0 bridgehead atoms. The second-order valence-corrected chi connectivity index (χ2v) is 4.73. The smallest absolute Gasteiger partial charge is 0.366 e. The number of hydrogen-bond donors (Lipinski definition) is 1. The van der Waals surface area contributed by atoms with Crippen LogP contribution in [-0.2, 0) is 24.1 Å². The van der Waals surface area contributed by atoms with Crippen molar-refractivity contribution >= 4 is 16.1 Å². The standard InChI is InChI=1S/C7H12O6S/c1-4-6(8)12-13-14(10,11)5-7(2,3)9/h4,9H,1,5H2,2-3H3. The van der Waals surface area contributed by atoms with Crippen molar-refractivity contribution in [1.29, 1.82) is 0 Å². The Morgan fingerprint density at radius 1 is 1.57 bits per heavy atom. The highest BCUT2D eigenvalue weighted by Crippen LogP contribution is 2.07. The Labute approximate surface area is 82.2 Å². The first-order chi connectivity index (χ1) is 6.16. The molecule has 0 aliphatic rings. The van der Waals surface area contributed by atoms with E-state index in [-0.39, 0.29) is 0 Å². The maximum absolute atomic E-state index is 11.0. The van der Waals surface area contributed by atoms with Gasteiger partial charge in [0, 0.05) is 6.08 Å². The van der Waals surface area contributed by atoms with E-state index in [9.17, 15) is 13.2 Å². The maximum Gasteiger partial charge on any atom is 0.366 e. The topological polar surface area (TPSA) is 89.9 Å². The quantitative estimate of drug-likeness (QED) is 0.393. The first-order valence-corrected chi connectivity index (χ1v) is 5.22. The third-order valence-corrected chi connectivity index (χ3v) is 2.25. The lowest BCUT2D eigenvalue weighted by Crippen LogP contribution is -2.31. The van der Waals surface area contributed by atoms with E-state index in [4.69, 9.17) is 5.11 Å². The summed E-state index contributed by atoms with van der Waals surface area (Å²) in [7, 11) is -4.09. The van der Waals surface area contributed by atoms with Crippen LogP contribution in [0.3, 0.4) is 0 Å². The molecule has 6 nitrogen and oxygen atoms in total. The van der Waals surface area contributed by atoms with Crippen LogP contribution in [0, 0.1) is 0 Å². The van der Waals surface area contributed by atoms with Crippen molar-refractivity contribution in [3.63, 3.8) is 0 Å². The molecule has 14 heavy (non-hydrogen) atoms. The van der Waals surface area contributed by atoms with E-state index in [0.717, 1.165) is 6.08 Å². The molecular weight excluding hydrogens is 212 g/mol. The van der Waals surface area contributed by atoms with Gasteiger partial charge in [-0.05, 0) is 13.8 Å². The summed E-state index contributed by atoms with van der Waals surface area (Å²) in [6.07, 6.45) is 0.750. The van der Waals surface area contributed by atoms with Crippen molar-refractivity contribution in [3.8, 4) is 0 Å². The van der Waals surface area contributed by atoms with Crippen molar-refractivity contribution < 1.29 is 27.5 Å². The van der Waals surface area contributed by atoms with Gasteiger partial charge in [-0.25, -0.2) is 4.79 Å².